The van der Waals surface area contributed by atoms with Crippen LogP contribution in [-0.2, 0) is 16.0 Å². The second-order valence-corrected chi connectivity index (χ2v) is 8.93. The molecule has 5 rings (SSSR count). The van der Waals surface area contributed by atoms with E-state index >= 15 is 0 Å². The van der Waals surface area contributed by atoms with E-state index in [1.807, 2.05) is 0 Å². The molecule has 1 unspecified atom stereocenters. The first-order valence-electron chi connectivity index (χ1n) is 10.7. The molecule has 4 fully saturated rings. The highest BCUT2D eigenvalue weighted by Gasteiger charge is 2.41. The van der Waals surface area contributed by atoms with Crippen LogP contribution >= 0.6 is 0 Å². The van der Waals surface area contributed by atoms with Gasteiger partial charge in [-0.25, -0.2) is 0 Å². The molecule has 2 atom stereocenters. The van der Waals surface area contributed by atoms with E-state index in [1.165, 1.54) is 38.5 Å². The second kappa shape index (κ2) is 7.12. The van der Waals surface area contributed by atoms with Crippen molar-refractivity contribution in [2.45, 2.75) is 70.4 Å². The lowest BCUT2D eigenvalue weighted by molar-refractivity contribution is 0.100. The molecule has 0 amide bonds. The summed E-state index contributed by atoms with van der Waals surface area (Å²) in [6, 6.07) is 0. The van der Waals surface area contributed by atoms with Gasteiger partial charge in [-0.3, -0.25) is 4.57 Å². The monoisotopic (exact) mass is 360 g/mol. The molecule has 1 aromatic heterocycles. The van der Waals surface area contributed by atoms with E-state index in [2.05, 4.69) is 19.7 Å². The van der Waals surface area contributed by atoms with E-state index in [0.29, 0.717) is 11.3 Å². The van der Waals surface area contributed by atoms with Crippen molar-refractivity contribution in [2.24, 2.45) is 11.3 Å². The minimum absolute atomic E-state index is 0.129. The van der Waals surface area contributed by atoms with Crippen molar-refractivity contribution in [1.29, 1.82) is 0 Å². The maximum absolute atomic E-state index is 5.96. The predicted octanol–water partition coefficient (Wildman–Crippen LogP) is 3.33. The van der Waals surface area contributed by atoms with Crippen LogP contribution in [0.5, 0.6) is 0 Å². The Morgan fingerprint density at radius 3 is 2.69 bits per heavy atom. The zero-order valence-corrected chi connectivity index (χ0v) is 15.9. The summed E-state index contributed by atoms with van der Waals surface area (Å²) in [5, 5.41) is 9.30. The van der Waals surface area contributed by atoms with Crippen molar-refractivity contribution in [1.82, 2.24) is 14.8 Å². The Labute approximate surface area is 156 Å². The van der Waals surface area contributed by atoms with Crippen LogP contribution in [-0.4, -0.2) is 47.7 Å². The molecular formula is C20H32N4O2. The van der Waals surface area contributed by atoms with E-state index < -0.39 is 0 Å². The summed E-state index contributed by atoms with van der Waals surface area (Å²) in [5.41, 5.74) is 0.537. The number of aromatic nitrogens is 3. The smallest absolute Gasteiger partial charge is 0.227 e. The van der Waals surface area contributed by atoms with Gasteiger partial charge in [0.15, 0.2) is 5.82 Å². The van der Waals surface area contributed by atoms with Gasteiger partial charge >= 0.3 is 0 Å². The van der Waals surface area contributed by atoms with Crippen molar-refractivity contribution in [3.8, 4) is 0 Å². The number of ether oxygens (including phenoxy) is 2. The van der Waals surface area contributed by atoms with Crippen molar-refractivity contribution >= 4 is 5.95 Å². The van der Waals surface area contributed by atoms with Crippen molar-refractivity contribution in [2.75, 3.05) is 37.8 Å². The fourth-order valence-electron chi connectivity index (χ4n) is 5.54. The largest absolute Gasteiger partial charge is 0.381 e. The van der Waals surface area contributed by atoms with Gasteiger partial charge in [0.1, 0.15) is 6.10 Å². The molecule has 3 saturated heterocycles. The molecule has 1 spiro atoms. The van der Waals surface area contributed by atoms with Gasteiger partial charge in [0.05, 0.1) is 6.61 Å². The molecule has 1 saturated carbocycles. The molecule has 0 bridgehead atoms. The third kappa shape index (κ3) is 3.15. The molecule has 3 aliphatic heterocycles. The Morgan fingerprint density at radius 2 is 1.92 bits per heavy atom. The number of anilines is 1. The summed E-state index contributed by atoms with van der Waals surface area (Å²) in [6.45, 7) is 5.88. The number of hydrogen-bond donors (Lipinski definition) is 0. The summed E-state index contributed by atoms with van der Waals surface area (Å²) in [7, 11) is 0. The molecule has 0 N–H and O–H groups in total. The first-order chi connectivity index (χ1) is 12.8. The Bertz CT molecular complexity index is 613. The van der Waals surface area contributed by atoms with Crippen LogP contribution in [0, 0.1) is 11.3 Å². The third-order valence-corrected chi connectivity index (χ3v) is 7.08. The number of hydrogen-bond acceptors (Lipinski definition) is 5. The first kappa shape index (κ1) is 17.0. The molecule has 1 aliphatic carbocycles. The molecule has 4 aliphatic rings. The van der Waals surface area contributed by atoms with Gasteiger partial charge in [-0.2, -0.15) is 0 Å². The fraction of sp³-hybridized carbons (Fsp3) is 0.900. The summed E-state index contributed by atoms with van der Waals surface area (Å²) >= 11 is 0. The van der Waals surface area contributed by atoms with Gasteiger partial charge in [-0.15, -0.1) is 10.2 Å². The number of rotatable bonds is 4. The lowest BCUT2D eigenvalue weighted by Crippen LogP contribution is -2.31. The van der Waals surface area contributed by atoms with E-state index in [9.17, 15) is 0 Å². The van der Waals surface area contributed by atoms with Crippen LogP contribution < -0.4 is 4.90 Å². The highest BCUT2D eigenvalue weighted by Crippen LogP contribution is 2.45. The summed E-state index contributed by atoms with van der Waals surface area (Å²) in [4.78, 5) is 2.52. The highest BCUT2D eigenvalue weighted by atomic mass is 16.5. The van der Waals surface area contributed by atoms with E-state index in [1.54, 1.807) is 0 Å². The average Bonchev–Trinajstić information content (AvgIpc) is 3.43. The van der Waals surface area contributed by atoms with Crippen LogP contribution in [0.15, 0.2) is 0 Å². The van der Waals surface area contributed by atoms with Crippen LogP contribution in [0.4, 0.5) is 5.95 Å². The van der Waals surface area contributed by atoms with Crippen molar-refractivity contribution in [3.05, 3.63) is 5.82 Å². The predicted molar refractivity (Wildman–Crippen MR) is 99.2 cm³/mol. The maximum atomic E-state index is 5.96. The van der Waals surface area contributed by atoms with E-state index in [0.717, 1.165) is 70.5 Å². The van der Waals surface area contributed by atoms with Gasteiger partial charge in [0, 0.05) is 38.8 Å². The van der Waals surface area contributed by atoms with Crippen LogP contribution in [0.25, 0.3) is 0 Å². The molecule has 1 aromatic rings. The Balaban J connectivity index is 1.40. The minimum Gasteiger partial charge on any atom is -0.381 e. The summed E-state index contributed by atoms with van der Waals surface area (Å²) in [6.07, 6.45) is 11.8. The van der Waals surface area contributed by atoms with Crippen LogP contribution in [0.1, 0.15) is 69.7 Å². The van der Waals surface area contributed by atoms with Crippen LogP contribution in [0.2, 0.25) is 0 Å². The zero-order valence-electron chi connectivity index (χ0n) is 15.9. The second-order valence-electron chi connectivity index (χ2n) is 8.93. The highest BCUT2D eigenvalue weighted by molar-refractivity contribution is 5.35. The quantitative estimate of drug-likeness (QED) is 0.824. The van der Waals surface area contributed by atoms with Gasteiger partial charge in [0.2, 0.25) is 5.95 Å². The standard InChI is InChI=1S/C20H32N4O2/c1-2-7-20(8-3-1)9-10-23(15-20)19-22-21-18(17-5-4-11-26-17)24(19)13-16-6-12-25-14-16/h16-17H,1-15H2/t16?,17-/m0/s1. The third-order valence-electron chi connectivity index (χ3n) is 7.08. The SMILES string of the molecule is C1CCC2(CC1)CCN(c1nnc([C@@H]3CCCO3)n1CC1CCOC1)C2. The number of nitrogens with zero attached hydrogens (tertiary/aromatic N) is 4. The lowest BCUT2D eigenvalue weighted by atomic mass is 9.73. The molecule has 4 heterocycles. The molecule has 0 radical (unpaired) electrons. The molecular weight excluding hydrogens is 328 g/mol. The van der Waals surface area contributed by atoms with Crippen LogP contribution in [0.3, 0.4) is 0 Å². The summed E-state index contributed by atoms with van der Waals surface area (Å²) < 4.78 is 14.0. The first-order valence-corrected chi connectivity index (χ1v) is 10.7. The zero-order chi connectivity index (χ0) is 17.4. The molecule has 6 nitrogen and oxygen atoms in total. The molecule has 6 heteroatoms. The Kier molecular flexibility index (Phi) is 4.65. The lowest BCUT2D eigenvalue weighted by Gasteiger charge is -2.33. The Morgan fingerprint density at radius 1 is 1.00 bits per heavy atom. The topological polar surface area (TPSA) is 52.4 Å². The summed E-state index contributed by atoms with van der Waals surface area (Å²) in [5.74, 6) is 2.72. The van der Waals surface area contributed by atoms with Gasteiger partial charge in [-0.05, 0) is 43.9 Å². The van der Waals surface area contributed by atoms with Crippen molar-refractivity contribution in [3.63, 3.8) is 0 Å². The van der Waals surface area contributed by atoms with E-state index in [4.69, 9.17) is 9.47 Å². The minimum atomic E-state index is 0.129. The van der Waals surface area contributed by atoms with Gasteiger partial charge in [0.25, 0.3) is 0 Å². The van der Waals surface area contributed by atoms with Gasteiger partial charge < -0.3 is 14.4 Å². The average molecular weight is 361 g/mol. The Hall–Kier alpha value is -1.14. The van der Waals surface area contributed by atoms with Gasteiger partial charge in [-0.1, -0.05) is 19.3 Å². The normalized spacial score (nSPS) is 31.3. The molecule has 26 heavy (non-hydrogen) atoms. The maximum Gasteiger partial charge on any atom is 0.227 e. The van der Waals surface area contributed by atoms with Crippen molar-refractivity contribution < 1.29 is 9.47 Å². The van der Waals surface area contributed by atoms with E-state index in [-0.39, 0.29) is 6.10 Å². The molecule has 144 valence electrons. The molecule has 0 aromatic carbocycles. The fourth-order valence-corrected chi connectivity index (χ4v) is 5.54.